The number of carbonyl (C=O) groups is 1. The van der Waals surface area contributed by atoms with E-state index in [0.717, 1.165) is 22.2 Å². The van der Waals surface area contributed by atoms with Gasteiger partial charge in [0.15, 0.2) is 5.69 Å². The Kier molecular flexibility index (Phi) is 4.84. The van der Waals surface area contributed by atoms with Crippen molar-refractivity contribution in [2.45, 2.75) is 6.54 Å². The number of rotatable bonds is 4. The van der Waals surface area contributed by atoms with Gasteiger partial charge in [-0.3, -0.25) is 9.48 Å². The second-order valence-corrected chi connectivity index (χ2v) is 6.92. The SMILES string of the molecule is O=C(Nc1ccccc1)c1nn(Cc2ccc(Cl)cc2Cl)c2ccccc12. The van der Waals surface area contributed by atoms with Crippen LogP contribution in [0, 0.1) is 0 Å². The highest BCUT2D eigenvalue weighted by atomic mass is 35.5. The van der Waals surface area contributed by atoms with Gasteiger partial charge in [0.2, 0.25) is 0 Å². The molecule has 1 amide bonds. The molecule has 134 valence electrons. The van der Waals surface area contributed by atoms with Gasteiger partial charge in [-0.2, -0.15) is 5.10 Å². The lowest BCUT2D eigenvalue weighted by Gasteiger charge is -2.06. The molecular weight excluding hydrogens is 381 g/mol. The smallest absolute Gasteiger partial charge is 0.276 e. The monoisotopic (exact) mass is 395 g/mol. The van der Waals surface area contributed by atoms with E-state index in [9.17, 15) is 4.79 Å². The first-order valence-corrected chi connectivity index (χ1v) is 9.13. The fraction of sp³-hybridized carbons (Fsp3) is 0.0476. The lowest BCUT2D eigenvalue weighted by atomic mass is 10.2. The molecule has 6 heteroatoms. The summed E-state index contributed by atoms with van der Waals surface area (Å²) in [6, 6.07) is 22.3. The summed E-state index contributed by atoms with van der Waals surface area (Å²) in [7, 11) is 0. The number of benzene rings is 3. The van der Waals surface area contributed by atoms with Gasteiger partial charge in [0.05, 0.1) is 12.1 Å². The normalized spacial score (nSPS) is 10.9. The maximum Gasteiger partial charge on any atom is 0.276 e. The van der Waals surface area contributed by atoms with Crippen molar-refractivity contribution in [2.75, 3.05) is 5.32 Å². The molecule has 3 aromatic carbocycles. The number of fused-ring (bicyclic) bond motifs is 1. The van der Waals surface area contributed by atoms with Crippen LogP contribution in [0.2, 0.25) is 10.0 Å². The van der Waals surface area contributed by atoms with Crippen molar-refractivity contribution in [3.63, 3.8) is 0 Å². The third-order valence-corrected chi connectivity index (χ3v) is 4.83. The van der Waals surface area contributed by atoms with E-state index in [1.54, 1.807) is 16.8 Å². The molecule has 0 saturated carbocycles. The van der Waals surface area contributed by atoms with Crippen LogP contribution in [-0.2, 0) is 6.54 Å². The Labute approximate surface area is 166 Å². The summed E-state index contributed by atoms with van der Waals surface area (Å²) in [5.41, 5.74) is 2.84. The highest BCUT2D eigenvalue weighted by molar-refractivity contribution is 6.35. The Balaban J connectivity index is 1.71. The fourth-order valence-corrected chi connectivity index (χ4v) is 3.41. The minimum absolute atomic E-state index is 0.252. The van der Waals surface area contributed by atoms with Crippen molar-refractivity contribution in [3.8, 4) is 0 Å². The number of hydrogen-bond donors (Lipinski definition) is 1. The molecule has 4 nitrogen and oxygen atoms in total. The van der Waals surface area contributed by atoms with E-state index in [-0.39, 0.29) is 5.91 Å². The van der Waals surface area contributed by atoms with E-state index >= 15 is 0 Å². The molecular formula is C21H15Cl2N3O. The average Bonchev–Trinajstić information content (AvgIpc) is 3.04. The number of nitrogens with one attached hydrogen (secondary N) is 1. The average molecular weight is 396 g/mol. The van der Waals surface area contributed by atoms with E-state index in [0.29, 0.717) is 22.3 Å². The molecule has 4 aromatic rings. The Morgan fingerprint density at radius 2 is 1.70 bits per heavy atom. The molecule has 1 N–H and O–H groups in total. The van der Waals surface area contributed by atoms with Gasteiger partial charge in [0.1, 0.15) is 0 Å². The van der Waals surface area contributed by atoms with E-state index in [4.69, 9.17) is 23.2 Å². The Morgan fingerprint density at radius 3 is 2.48 bits per heavy atom. The van der Waals surface area contributed by atoms with Crippen molar-refractivity contribution in [3.05, 3.63) is 94.1 Å². The zero-order valence-corrected chi connectivity index (χ0v) is 15.7. The number of halogens is 2. The quantitative estimate of drug-likeness (QED) is 0.485. The second kappa shape index (κ2) is 7.43. The van der Waals surface area contributed by atoms with Gasteiger partial charge in [-0.05, 0) is 35.9 Å². The van der Waals surface area contributed by atoms with Gasteiger partial charge in [-0.1, -0.05) is 65.7 Å². The van der Waals surface area contributed by atoms with Crippen molar-refractivity contribution in [2.24, 2.45) is 0 Å². The highest BCUT2D eigenvalue weighted by Crippen LogP contribution is 2.25. The molecule has 27 heavy (non-hydrogen) atoms. The molecule has 0 radical (unpaired) electrons. The largest absolute Gasteiger partial charge is 0.321 e. The van der Waals surface area contributed by atoms with Crippen LogP contribution in [-0.4, -0.2) is 15.7 Å². The maximum absolute atomic E-state index is 12.8. The van der Waals surface area contributed by atoms with Crippen molar-refractivity contribution < 1.29 is 4.79 Å². The molecule has 0 aliphatic carbocycles. The van der Waals surface area contributed by atoms with Crippen LogP contribution < -0.4 is 5.32 Å². The number of amides is 1. The number of aromatic nitrogens is 2. The summed E-state index contributed by atoms with van der Waals surface area (Å²) < 4.78 is 1.78. The molecule has 0 atom stereocenters. The summed E-state index contributed by atoms with van der Waals surface area (Å²) in [6.07, 6.45) is 0. The summed E-state index contributed by atoms with van der Waals surface area (Å²) >= 11 is 12.3. The number of nitrogens with zero attached hydrogens (tertiary/aromatic N) is 2. The van der Waals surface area contributed by atoms with Crippen LogP contribution in [0.25, 0.3) is 10.9 Å². The number of para-hydroxylation sites is 2. The molecule has 0 bridgehead atoms. The molecule has 0 saturated heterocycles. The number of hydrogen-bond acceptors (Lipinski definition) is 2. The predicted octanol–water partition coefficient (Wildman–Crippen LogP) is 5.64. The summed E-state index contributed by atoms with van der Waals surface area (Å²) in [5.74, 6) is -0.252. The highest BCUT2D eigenvalue weighted by Gasteiger charge is 2.17. The first-order chi connectivity index (χ1) is 13.1. The Morgan fingerprint density at radius 1 is 0.963 bits per heavy atom. The van der Waals surface area contributed by atoms with Gasteiger partial charge in [-0.25, -0.2) is 0 Å². The second-order valence-electron chi connectivity index (χ2n) is 6.08. The number of anilines is 1. The third-order valence-electron chi connectivity index (χ3n) is 4.24. The fourth-order valence-electron chi connectivity index (χ4n) is 2.94. The Bertz CT molecular complexity index is 1120. The van der Waals surface area contributed by atoms with Crippen molar-refractivity contribution >= 4 is 45.7 Å². The molecule has 4 rings (SSSR count). The summed E-state index contributed by atoms with van der Waals surface area (Å²) in [4.78, 5) is 12.8. The van der Waals surface area contributed by atoms with Gasteiger partial charge >= 0.3 is 0 Å². The van der Waals surface area contributed by atoms with Crippen LogP contribution in [0.4, 0.5) is 5.69 Å². The molecule has 0 unspecified atom stereocenters. The zero-order chi connectivity index (χ0) is 18.8. The Hall–Kier alpha value is -2.82. The van der Waals surface area contributed by atoms with Crippen LogP contribution >= 0.6 is 23.2 Å². The predicted molar refractivity (Wildman–Crippen MR) is 110 cm³/mol. The number of carbonyl (C=O) groups excluding carboxylic acids is 1. The molecule has 1 heterocycles. The summed E-state index contributed by atoms with van der Waals surface area (Å²) in [5, 5.41) is 9.38. The van der Waals surface area contributed by atoms with Gasteiger partial charge in [-0.15, -0.1) is 0 Å². The molecule has 0 fully saturated rings. The summed E-state index contributed by atoms with van der Waals surface area (Å²) in [6.45, 7) is 0.440. The van der Waals surface area contributed by atoms with E-state index in [1.807, 2.05) is 60.7 Å². The molecule has 0 aliphatic rings. The van der Waals surface area contributed by atoms with Crippen molar-refractivity contribution in [1.29, 1.82) is 0 Å². The third kappa shape index (κ3) is 3.68. The first-order valence-electron chi connectivity index (χ1n) is 8.38. The van der Waals surface area contributed by atoms with E-state index in [1.165, 1.54) is 0 Å². The lowest BCUT2D eigenvalue weighted by Crippen LogP contribution is -2.13. The van der Waals surface area contributed by atoms with Crippen LogP contribution in [0.1, 0.15) is 16.1 Å². The first kappa shape index (κ1) is 17.6. The van der Waals surface area contributed by atoms with Crippen molar-refractivity contribution in [1.82, 2.24) is 9.78 Å². The molecule has 0 spiro atoms. The topological polar surface area (TPSA) is 46.9 Å². The minimum Gasteiger partial charge on any atom is -0.321 e. The van der Waals surface area contributed by atoms with Gasteiger partial charge < -0.3 is 5.32 Å². The molecule has 0 aliphatic heterocycles. The molecule has 1 aromatic heterocycles. The van der Waals surface area contributed by atoms with E-state index in [2.05, 4.69) is 10.4 Å². The minimum atomic E-state index is -0.252. The van der Waals surface area contributed by atoms with Crippen LogP contribution in [0.3, 0.4) is 0 Å². The van der Waals surface area contributed by atoms with E-state index < -0.39 is 0 Å². The lowest BCUT2D eigenvalue weighted by molar-refractivity contribution is 0.102. The van der Waals surface area contributed by atoms with Crippen LogP contribution in [0.15, 0.2) is 72.8 Å². The van der Waals surface area contributed by atoms with Crippen LogP contribution in [0.5, 0.6) is 0 Å². The van der Waals surface area contributed by atoms with Gasteiger partial charge in [0.25, 0.3) is 5.91 Å². The maximum atomic E-state index is 12.8. The zero-order valence-electron chi connectivity index (χ0n) is 14.2. The van der Waals surface area contributed by atoms with Gasteiger partial charge in [0, 0.05) is 21.1 Å². The standard InChI is InChI=1S/C21H15Cl2N3O/c22-15-11-10-14(18(23)12-15)13-26-19-9-5-4-8-17(19)20(25-26)21(27)24-16-6-2-1-3-7-16/h1-12H,13H2,(H,24,27).